The molecular formula is C9H17NO. The minimum Gasteiger partial charge on any atom is -0.389 e. The van der Waals surface area contributed by atoms with Crippen molar-refractivity contribution in [3.05, 3.63) is 0 Å². The van der Waals surface area contributed by atoms with E-state index in [4.69, 9.17) is 4.84 Å². The van der Waals surface area contributed by atoms with Gasteiger partial charge in [-0.3, -0.25) is 0 Å². The summed E-state index contributed by atoms with van der Waals surface area (Å²) in [6.07, 6.45) is 0. The fourth-order valence-electron chi connectivity index (χ4n) is 1.35. The highest BCUT2D eigenvalue weighted by Gasteiger charge is 2.42. The first kappa shape index (κ1) is 8.57. The topological polar surface area (TPSA) is 21.6 Å². The predicted molar refractivity (Wildman–Crippen MR) is 46.6 cm³/mol. The lowest BCUT2D eigenvalue weighted by atomic mass is 9.80. The summed E-state index contributed by atoms with van der Waals surface area (Å²) in [7, 11) is 0. The zero-order valence-electron chi connectivity index (χ0n) is 8.01. The quantitative estimate of drug-likeness (QED) is 0.570. The molecule has 0 aromatic rings. The molecule has 0 aromatic carbocycles. The molecule has 0 aromatic heterocycles. The van der Waals surface area contributed by atoms with Crippen molar-refractivity contribution in [1.29, 1.82) is 0 Å². The second kappa shape index (κ2) is 2.50. The van der Waals surface area contributed by atoms with E-state index in [2.05, 4.69) is 32.9 Å². The Morgan fingerprint density at radius 1 is 1.55 bits per heavy atom. The Morgan fingerprint density at radius 2 is 2.09 bits per heavy atom. The maximum absolute atomic E-state index is 5.41. The maximum Gasteiger partial charge on any atom is 0.145 e. The lowest BCUT2D eigenvalue weighted by Crippen LogP contribution is -2.38. The van der Waals surface area contributed by atoms with Crippen molar-refractivity contribution in [2.24, 2.45) is 17.0 Å². The van der Waals surface area contributed by atoms with Crippen LogP contribution in [0.3, 0.4) is 0 Å². The Morgan fingerprint density at radius 3 is 2.27 bits per heavy atom. The van der Waals surface area contributed by atoms with Crippen LogP contribution < -0.4 is 0 Å². The molecule has 64 valence electrons. The fourth-order valence-corrected chi connectivity index (χ4v) is 1.35. The molecule has 1 aliphatic rings. The number of oxime groups is 1. The summed E-state index contributed by atoms with van der Waals surface area (Å²) < 4.78 is 0. The number of nitrogens with zero attached hydrogens (tertiary/aromatic N) is 1. The maximum atomic E-state index is 5.41. The van der Waals surface area contributed by atoms with Crippen LogP contribution in [0.5, 0.6) is 0 Å². The van der Waals surface area contributed by atoms with Crippen molar-refractivity contribution >= 4 is 5.71 Å². The number of hydrogen-bond donors (Lipinski definition) is 0. The summed E-state index contributed by atoms with van der Waals surface area (Å²) in [5.74, 6) is 0.959. The third-order valence-corrected chi connectivity index (χ3v) is 3.02. The number of rotatable bonds is 1. The molecule has 0 aliphatic carbocycles. The molecule has 0 bridgehead atoms. The molecule has 0 N–H and O–H groups in total. The van der Waals surface area contributed by atoms with Crippen LogP contribution in [0.1, 0.15) is 34.6 Å². The molecule has 0 spiro atoms. The minimum atomic E-state index is -0.0793. The van der Waals surface area contributed by atoms with Crippen molar-refractivity contribution in [2.75, 3.05) is 0 Å². The van der Waals surface area contributed by atoms with Crippen molar-refractivity contribution in [2.45, 2.75) is 40.2 Å². The van der Waals surface area contributed by atoms with Crippen LogP contribution in [0, 0.1) is 11.8 Å². The Bertz CT molecular complexity index is 186. The summed E-state index contributed by atoms with van der Waals surface area (Å²) in [5.41, 5.74) is 1.03. The summed E-state index contributed by atoms with van der Waals surface area (Å²) >= 11 is 0. The van der Waals surface area contributed by atoms with Gasteiger partial charge in [-0.2, -0.15) is 0 Å². The normalized spacial score (nSPS) is 37.3. The summed E-state index contributed by atoms with van der Waals surface area (Å²) in [4.78, 5) is 5.41. The zero-order chi connectivity index (χ0) is 8.65. The smallest absolute Gasteiger partial charge is 0.145 e. The highest BCUT2D eigenvalue weighted by atomic mass is 16.7. The lowest BCUT2D eigenvalue weighted by molar-refractivity contribution is -0.0606. The summed E-state index contributed by atoms with van der Waals surface area (Å²) in [6.45, 7) is 10.7. The minimum absolute atomic E-state index is 0.0793. The Labute approximate surface area is 68.6 Å². The molecule has 0 saturated heterocycles. The molecule has 0 saturated carbocycles. The van der Waals surface area contributed by atoms with E-state index < -0.39 is 0 Å². The SMILES string of the molecule is CC1=NOC(C)(C(C)C)C1C. The third kappa shape index (κ3) is 1.15. The molecule has 2 heteroatoms. The van der Waals surface area contributed by atoms with Gasteiger partial charge >= 0.3 is 0 Å². The molecular weight excluding hydrogens is 138 g/mol. The molecule has 2 nitrogen and oxygen atoms in total. The summed E-state index contributed by atoms with van der Waals surface area (Å²) in [6, 6.07) is 0. The Kier molecular flexibility index (Phi) is 1.95. The third-order valence-electron chi connectivity index (χ3n) is 3.02. The van der Waals surface area contributed by atoms with E-state index in [1.807, 2.05) is 6.92 Å². The van der Waals surface area contributed by atoms with E-state index in [9.17, 15) is 0 Å². The van der Waals surface area contributed by atoms with Crippen molar-refractivity contribution in [3.8, 4) is 0 Å². The van der Waals surface area contributed by atoms with Gasteiger partial charge in [0.05, 0.1) is 5.71 Å². The van der Waals surface area contributed by atoms with Crippen LogP contribution in [0.2, 0.25) is 0 Å². The van der Waals surface area contributed by atoms with Crippen molar-refractivity contribution in [1.82, 2.24) is 0 Å². The predicted octanol–water partition coefficient (Wildman–Crippen LogP) is 2.44. The van der Waals surface area contributed by atoms with Crippen LogP contribution in [-0.4, -0.2) is 11.3 Å². The molecule has 2 unspecified atom stereocenters. The summed E-state index contributed by atoms with van der Waals surface area (Å²) in [5, 5.41) is 4.01. The van der Waals surface area contributed by atoms with Gasteiger partial charge in [0.1, 0.15) is 5.60 Å². The second-order valence-electron chi connectivity index (χ2n) is 3.88. The highest BCUT2D eigenvalue weighted by molar-refractivity contribution is 5.85. The molecule has 2 atom stereocenters. The highest BCUT2D eigenvalue weighted by Crippen LogP contribution is 2.35. The van der Waals surface area contributed by atoms with Gasteiger partial charge in [0.15, 0.2) is 0 Å². The van der Waals surface area contributed by atoms with Gasteiger partial charge in [0.25, 0.3) is 0 Å². The van der Waals surface area contributed by atoms with E-state index in [0.29, 0.717) is 11.8 Å². The standard InChI is InChI=1S/C9H17NO/c1-6(2)9(5)7(3)8(4)10-11-9/h6-7H,1-5H3. The molecule has 0 radical (unpaired) electrons. The van der Waals surface area contributed by atoms with E-state index in [1.165, 1.54) is 0 Å². The average Bonchev–Trinajstić information content (AvgIpc) is 2.18. The zero-order valence-corrected chi connectivity index (χ0v) is 8.01. The fraction of sp³-hybridized carbons (Fsp3) is 0.889. The first-order valence-corrected chi connectivity index (χ1v) is 4.21. The molecule has 0 amide bonds. The van der Waals surface area contributed by atoms with Crippen LogP contribution >= 0.6 is 0 Å². The van der Waals surface area contributed by atoms with Gasteiger partial charge in [0.2, 0.25) is 0 Å². The van der Waals surface area contributed by atoms with Gasteiger partial charge in [0, 0.05) is 5.92 Å². The van der Waals surface area contributed by atoms with Gasteiger partial charge in [-0.15, -0.1) is 0 Å². The molecule has 1 rings (SSSR count). The monoisotopic (exact) mass is 155 g/mol. The molecule has 1 aliphatic heterocycles. The first-order chi connectivity index (χ1) is 4.98. The molecule has 1 heterocycles. The van der Waals surface area contributed by atoms with Gasteiger partial charge in [-0.25, -0.2) is 0 Å². The molecule has 0 fully saturated rings. The van der Waals surface area contributed by atoms with Crippen LogP contribution in [0.15, 0.2) is 5.16 Å². The van der Waals surface area contributed by atoms with Crippen LogP contribution in [0.25, 0.3) is 0 Å². The average molecular weight is 155 g/mol. The second-order valence-corrected chi connectivity index (χ2v) is 3.88. The van der Waals surface area contributed by atoms with Gasteiger partial charge in [-0.1, -0.05) is 25.9 Å². The van der Waals surface area contributed by atoms with E-state index in [1.54, 1.807) is 0 Å². The van der Waals surface area contributed by atoms with Crippen molar-refractivity contribution < 1.29 is 4.84 Å². The van der Waals surface area contributed by atoms with Gasteiger partial charge < -0.3 is 4.84 Å². The van der Waals surface area contributed by atoms with Crippen LogP contribution in [-0.2, 0) is 4.84 Å². The van der Waals surface area contributed by atoms with E-state index in [0.717, 1.165) is 5.71 Å². The van der Waals surface area contributed by atoms with E-state index >= 15 is 0 Å². The lowest BCUT2D eigenvalue weighted by Gasteiger charge is -2.30. The Hall–Kier alpha value is -0.530. The van der Waals surface area contributed by atoms with E-state index in [-0.39, 0.29) is 5.60 Å². The first-order valence-electron chi connectivity index (χ1n) is 4.21. The molecule has 11 heavy (non-hydrogen) atoms. The van der Waals surface area contributed by atoms with Crippen LogP contribution in [0.4, 0.5) is 0 Å². The Balaban J connectivity index is 2.79. The number of hydrogen-bond acceptors (Lipinski definition) is 2. The van der Waals surface area contributed by atoms with Crippen molar-refractivity contribution in [3.63, 3.8) is 0 Å². The largest absolute Gasteiger partial charge is 0.389 e. The van der Waals surface area contributed by atoms with Gasteiger partial charge in [-0.05, 0) is 19.8 Å².